The molecule has 1 atom stereocenters. The lowest BCUT2D eigenvalue weighted by atomic mass is 10.1. The minimum absolute atomic E-state index is 0.266. The first-order chi connectivity index (χ1) is 7.54. The first-order valence-electron chi connectivity index (χ1n) is 5.58. The molecule has 0 amide bonds. The molecular formula is C10H20O4PS-. The molecule has 0 rings (SSSR count). The topological polar surface area (TPSA) is 58.6 Å². The first-order valence-corrected chi connectivity index (χ1v) is 8.22. The van der Waals surface area contributed by atoms with Gasteiger partial charge >= 0.3 is 5.71 Å². The van der Waals surface area contributed by atoms with Crippen molar-refractivity contribution in [2.45, 2.75) is 45.4 Å². The van der Waals surface area contributed by atoms with Crippen molar-refractivity contribution in [3.8, 4) is 0 Å². The van der Waals surface area contributed by atoms with Gasteiger partial charge in [0, 0.05) is 0 Å². The number of ether oxygens (including phenoxy) is 1. The SMILES string of the molecule is CCCCCCCCOP([O-])(=S)C(=O)OC. The number of rotatable bonds is 9. The predicted octanol–water partition coefficient (Wildman–Crippen LogP) is 2.80. The van der Waals surface area contributed by atoms with Crippen molar-refractivity contribution in [3.63, 3.8) is 0 Å². The third kappa shape index (κ3) is 7.34. The minimum atomic E-state index is -3.62. The molecule has 0 spiro atoms. The van der Waals surface area contributed by atoms with Crippen molar-refractivity contribution in [2.75, 3.05) is 13.7 Å². The first kappa shape index (κ1) is 16.0. The quantitative estimate of drug-likeness (QED) is 0.475. The molecule has 0 aliphatic carbocycles. The molecule has 0 heterocycles. The zero-order valence-corrected chi connectivity index (χ0v) is 11.6. The van der Waals surface area contributed by atoms with Gasteiger partial charge in [-0.1, -0.05) is 50.8 Å². The highest BCUT2D eigenvalue weighted by molar-refractivity contribution is 8.16. The van der Waals surface area contributed by atoms with Gasteiger partial charge in [-0.15, -0.1) is 0 Å². The Hall–Kier alpha value is 0.0400. The predicted molar refractivity (Wildman–Crippen MR) is 66.0 cm³/mol. The van der Waals surface area contributed by atoms with Crippen LogP contribution >= 0.6 is 6.49 Å². The summed E-state index contributed by atoms with van der Waals surface area (Å²) >= 11 is 4.54. The summed E-state index contributed by atoms with van der Waals surface area (Å²) in [4.78, 5) is 22.3. The summed E-state index contributed by atoms with van der Waals surface area (Å²) in [6.45, 7) is -1.20. The highest BCUT2D eigenvalue weighted by Crippen LogP contribution is 2.39. The lowest BCUT2D eigenvalue weighted by Gasteiger charge is -2.24. The van der Waals surface area contributed by atoms with E-state index in [4.69, 9.17) is 4.52 Å². The van der Waals surface area contributed by atoms with E-state index in [1.54, 1.807) is 0 Å². The van der Waals surface area contributed by atoms with Gasteiger partial charge in [0.1, 0.15) is 6.49 Å². The van der Waals surface area contributed by atoms with E-state index in [9.17, 15) is 9.69 Å². The van der Waals surface area contributed by atoms with Gasteiger partial charge in [0.15, 0.2) is 0 Å². The third-order valence-corrected chi connectivity index (χ3v) is 4.07. The fraction of sp³-hybridized carbons (Fsp3) is 0.900. The van der Waals surface area contributed by atoms with Gasteiger partial charge in [-0.2, -0.15) is 0 Å². The van der Waals surface area contributed by atoms with E-state index < -0.39 is 12.2 Å². The lowest BCUT2D eigenvalue weighted by Crippen LogP contribution is -2.14. The molecule has 0 aliphatic rings. The maximum Gasteiger partial charge on any atom is 0.347 e. The molecule has 0 saturated carbocycles. The van der Waals surface area contributed by atoms with Crippen LogP contribution in [0.1, 0.15) is 45.4 Å². The molecule has 0 fully saturated rings. The molecule has 0 radical (unpaired) electrons. The third-order valence-electron chi connectivity index (χ3n) is 2.16. The molecule has 0 aromatic rings. The van der Waals surface area contributed by atoms with Gasteiger partial charge in [0.05, 0.1) is 13.7 Å². The Morgan fingerprint density at radius 3 is 2.38 bits per heavy atom. The Balaban J connectivity index is 3.51. The van der Waals surface area contributed by atoms with Crippen LogP contribution in [-0.2, 0) is 21.1 Å². The second kappa shape index (κ2) is 9.11. The molecule has 4 nitrogen and oxygen atoms in total. The molecule has 0 aromatic carbocycles. The molecule has 96 valence electrons. The summed E-state index contributed by atoms with van der Waals surface area (Å²) in [5.41, 5.74) is -0.937. The fourth-order valence-corrected chi connectivity index (χ4v) is 2.38. The summed E-state index contributed by atoms with van der Waals surface area (Å²) in [6.07, 6.45) is 6.58. The van der Waals surface area contributed by atoms with Gasteiger partial charge < -0.3 is 14.2 Å². The van der Waals surface area contributed by atoms with Gasteiger partial charge in [0.25, 0.3) is 0 Å². The largest absolute Gasteiger partial charge is 0.793 e. The van der Waals surface area contributed by atoms with Crippen molar-refractivity contribution in [1.82, 2.24) is 0 Å². The van der Waals surface area contributed by atoms with Crippen LogP contribution in [0, 0.1) is 0 Å². The molecule has 0 bridgehead atoms. The van der Waals surface area contributed by atoms with Crippen LogP contribution in [0.3, 0.4) is 0 Å². The van der Waals surface area contributed by atoms with Crippen LogP contribution in [0.25, 0.3) is 0 Å². The number of methoxy groups -OCH3 is 1. The van der Waals surface area contributed by atoms with Crippen molar-refractivity contribution in [1.29, 1.82) is 0 Å². The smallest absolute Gasteiger partial charge is 0.347 e. The summed E-state index contributed by atoms with van der Waals surface area (Å²) in [6, 6.07) is 0. The summed E-state index contributed by atoms with van der Waals surface area (Å²) in [5, 5.41) is 0. The van der Waals surface area contributed by atoms with Crippen LogP contribution in [-0.4, -0.2) is 19.4 Å². The second-order valence-electron chi connectivity index (χ2n) is 3.57. The Bertz CT molecular complexity index is 245. The van der Waals surface area contributed by atoms with Crippen LogP contribution in [0.2, 0.25) is 0 Å². The number of hydrogen-bond donors (Lipinski definition) is 0. The van der Waals surface area contributed by atoms with E-state index in [1.165, 1.54) is 19.3 Å². The number of hydrogen-bond acceptors (Lipinski definition) is 5. The van der Waals surface area contributed by atoms with Crippen LogP contribution in [0.4, 0.5) is 4.79 Å². The summed E-state index contributed by atoms with van der Waals surface area (Å²) < 4.78 is 9.18. The molecular weight excluding hydrogens is 247 g/mol. The van der Waals surface area contributed by atoms with Gasteiger partial charge in [0.2, 0.25) is 0 Å². The van der Waals surface area contributed by atoms with Crippen molar-refractivity contribution in [2.24, 2.45) is 0 Å². The highest BCUT2D eigenvalue weighted by Gasteiger charge is 2.14. The van der Waals surface area contributed by atoms with E-state index in [2.05, 4.69) is 23.5 Å². The number of carbonyl (C=O) groups excluding carboxylic acids is 1. The van der Waals surface area contributed by atoms with Crippen LogP contribution in [0.5, 0.6) is 0 Å². The normalized spacial score (nSPS) is 14.4. The van der Waals surface area contributed by atoms with Crippen molar-refractivity contribution >= 4 is 24.0 Å². The molecule has 6 heteroatoms. The average molecular weight is 267 g/mol. The average Bonchev–Trinajstić information content (AvgIpc) is 2.26. The zero-order valence-electron chi connectivity index (χ0n) is 9.94. The minimum Gasteiger partial charge on any atom is -0.793 e. The highest BCUT2D eigenvalue weighted by atomic mass is 32.5. The molecule has 0 aromatic heterocycles. The maximum absolute atomic E-state index is 11.4. The molecule has 0 saturated heterocycles. The maximum atomic E-state index is 11.4. The van der Waals surface area contributed by atoms with Crippen molar-refractivity contribution < 1.29 is 18.9 Å². The molecule has 1 unspecified atom stereocenters. The van der Waals surface area contributed by atoms with Crippen LogP contribution in [0.15, 0.2) is 0 Å². The summed E-state index contributed by atoms with van der Waals surface area (Å²) in [5.74, 6) is 0. The zero-order chi connectivity index (χ0) is 12.4. The Morgan fingerprint density at radius 1 is 1.25 bits per heavy atom. The van der Waals surface area contributed by atoms with E-state index in [-0.39, 0.29) is 6.61 Å². The fourth-order valence-electron chi connectivity index (χ4n) is 1.23. The Labute approximate surface area is 102 Å². The Morgan fingerprint density at radius 2 is 1.81 bits per heavy atom. The van der Waals surface area contributed by atoms with Gasteiger partial charge in [-0.3, -0.25) is 0 Å². The standard InChI is InChI=1S/C10H21O4PS/c1-3-4-5-6-7-8-9-14-15(12,16)10(11)13-2/h3-9H2,1-2H3,(H,12,16)/p-1. The van der Waals surface area contributed by atoms with Gasteiger partial charge in [-0.05, 0) is 6.42 Å². The second-order valence-corrected chi connectivity index (χ2v) is 6.63. The molecule has 0 aliphatic heterocycles. The van der Waals surface area contributed by atoms with E-state index in [1.807, 2.05) is 0 Å². The van der Waals surface area contributed by atoms with E-state index in [0.717, 1.165) is 26.4 Å². The Kier molecular flexibility index (Phi) is 9.13. The van der Waals surface area contributed by atoms with Gasteiger partial charge in [-0.25, -0.2) is 4.79 Å². The summed E-state index contributed by atoms with van der Waals surface area (Å²) in [7, 11) is 1.15. The lowest BCUT2D eigenvalue weighted by molar-refractivity contribution is -0.179. The van der Waals surface area contributed by atoms with E-state index >= 15 is 0 Å². The molecule has 16 heavy (non-hydrogen) atoms. The van der Waals surface area contributed by atoms with E-state index in [0.29, 0.717) is 0 Å². The van der Waals surface area contributed by atoms with Crippen LogP contribution < -0.4 is 4.89 Å². The van der Waals surface area contributed by atoms with Crippen molar-refractivity contribution in [3.05, 3.63) is 0 Å². The number of unbranched alkanes of at least 4 members (excludes halogenated alkanes) is 5. The number of carbonyl (C=O) groups is 1. The molecule has 0 N–H and O–H groups in total. The monoisotopic (exact) mass is 267 g/mol.